The maximum atomic E-state index is 12.6. The number of rotatable bonds is 12. The van der Waals surface area contributed by atoms with Gasteiger partial charge in [0.05, 0.1) is 25.5 Å². The molecule has 4 rings (SSSR count). The van der Waals surface area contributed by atoms with Gasteiger partial charge in [0.15, 0.2) is 11.0 Å². The smallest absolute Gasteiger partial charge is 0.234 e. The van der Waals surface area contributed by atoms with Crippen molar-refractivity contribution in [3.05, 3.63) is 84.7 Å². The predicted octanol–water partition coefficient (Wildman–Crippen LogP) is 5.41. The fourth-order valence-electron chi connectivity index (χ4n) is 3.49. The van der Waals surface area contributed by atoms with E-state index < -0.39 is 0 Å². The molecule has 0 radical (unpaired) electrons. The van der Waals surface area contributed by atoms with Gasteiger partial charge in [-0.15, -0.1) is 10.2 Å². The zero-order valence-corrected chi connectivity index (χ0v) is 21.1. The van der Waals surface area contributed by atoms with Gasteiger partial charge in [0.1, 0.15) is 11.5 Å². The first-order valence-electron chi connectivity index (χ1n) is 11.8. The van der Waals surface area contributed by atoms with Crippen LogP contribution in [0.15, 0.2) is 84.0 Å². The average Bonchev–Trinajstić information content (AvgIpc) is 3.32. The number of para-hydroxylation sites is 1. The molecule has 0 aliphatic rings. The maximum Gasteiger partial charge on any atom is 0.234 e. The predicted molar refractivity (Wildman–Crippen MR) is 143 cm³/mol. The van der Waals surface area contributed by atoms with Gasteiger partial charge in [-0.05, 0) is 74.5 Å². The van der Waals surface area contributed by atoms with Crippen LogP contribution in [0, 0.1) is 0 Å². The van der Waals surface area contributed by atoms with Crippen molar-refractivity contribution in [2.75, 3.05) is 29.6 Å². The van der Waals surface area contributed by atoms with E-state index in [1.807, 2.05) is 97.3 Å². The molecule has 9 heteroatoms. The van der Waals surface area contributed by atoms with Crippen molar-refractivity contribution in [2.45, 2.75) is 25.5 Å². The van der Waals surface area contributed by atoms with Gasteiger partial charge in [-0.25, -0.2) is 0 Å². The number of amides is 1. The van der Waals surface area contributed by atoms with Gasteiger partial charge >= 0.3 is 0 Å². The van der Waals surface area contributed by atoms with E-state index in [0.29, 0.717) is 30.6 Å². The monoisotopic (exact) mass is 503 g/mol. The molecule has 1 heterocycles. The van der Waals surface area contributed by atoms with Crippen LogP contribution in [0.1, 0.15) is 19.7 Å². The van der Waals surface area contributed by atoms with Crippen LogP contribution in [-0.2, 0) is 11.3 Å². The summed E-state index contributed by atoms with van der Waals surface area (Å²) in [7, 11) is 0. The molecule has 36 heavy (non-hydrogen) atoms. The Bertz CT molecular complexity index is 1240. The van der Waals surface area contributed by atoms with Crippen molar-refractivity contribution in [3.63, 3.8) is 0 Å². The van der Waals surface area contributed by atoms with E-state index in [1.54, 1.807) is 0 Å². The van der Waals surface area contributed by atoms with Crippen molar-refractivity contribution in [2.24, 2.45) is 0 Å². The molecule has 8 nitrogen and oxygen atoms in total. The summed E-state index contributed by atoms with van der Waals surface area (Å²) in [4.78, 5) is 12.6. The standard InChI is InChI=1S/C27H29N5O3S/c1-3-34-23-14-10-20(11-15-23)28-18-25-30-31-27(32(25)22-8-6-5-7-9-22)36-19-26(33)29-21-12-16-24(17-13-21)35-4-2/h5-17,28H,3-4,18-19H2,1-2H3,(H,29,33). The molecule has 0 spiro atoms. The van der Waals surface area contributed by atoms with E-state index in [0.717, 1.165) is 28.7 Å². The van der Waals surface area contributed by atoms with Gasteiger partial charge in [-0.2, -0.15) is 0 Å². The first-order chi connectivity index (χ1) is 17.7. The molecule has 2 N–H and O–H groups in total. The summed E-state index contributed by atoms with van der Waals surface area (Å²) in [6.07, 6.45) is 0. The highest BCUT2D eigenvalue weighted by Crippen LogP contribution is 2.24. The van der Waals surface area contributed by atoms with Crippen LogP contribution in [0.25, 0.3) is 5.69 Å². The van der Waals surface area contributed by atoms with Gasteiger partial charge in [0.2, 0.25) is 5.91 Å². The van der Waals surface area contributed by atoms with E-state index in [2.05, 4.69) is 20.8 Å². The summed E-state index contributed by atoms with van der Waals surface area (Å²) in [6.45, 7) is 5.59. The average molecular weight is 504 g/mol. The molecule has 0 saturated carbocycles. The Morgan fingerprint density at radius 1 is 0.833 bits per heavy atom. The Kier molecular flexibility index (Phi) is 8.82. The third-order valence-corrected chi connectivity index (χ3v) is 6.04. The number of aromatic nitrogens is 3. The van der Waals surface area contributed by atoms with E-state index in [1.165, 1.54) is 11.8 Å². The molecule has 1 aromatic heterocycles. The van der Waals surface area contributed by atoms with Crippen LogP contribution in [0.3, 0.4) is 0 Å². The van der Waals surface area contributed by atoms with E-state index in [9.17, 15) is 4.79 Å². The summed E-state index contributed by atoms with van der Waals surface area (Å²) in [6, 6.07) is 25.0. The third kappa shape index (κ3) is 6.79. The highest BCUT2D eigenvalue weighted by atomic mass is 32.2. The molecular weight excluding hydrogens is 474 g/mol. The number of nitrogens with zero attached hydrogens (tertiary/aromatic N) is 3. The maximum absolute atomic E-state index is 12.6. The Balaban J connectivity index is 1.42. The number of anilines is 2. The molecule has 0 atom stereocenters. The lowest BCUT2D eigenvalue weighted by Crippen LogP contribution is -2.15. The van der Waals surface area contributed by atoms with E-state index in [-0.39, 0.29) is 11.7 Å². The van der Waals surface area contributed by atoms with E-state index in [4.69, 9.17) is 9.47 Å². The number of hydrogen-bond donors (Lipinski definition) is 2. The normalized spacial score (nSPS) is 10.6. The molecule has 0 aliphatic carbocycles. The molecular formula is C27H29N5O3S. The Morgan fingerprint density at radius 3 is 2.06 bits per heavy atom. The molecule has 0 fully saturated rings. The molecule has 0 bridgehead atoms. The number of ether oxygens (including phenoxy) is 2. The van der Waals surface area contributed by atoms with Crippen LogP contribution in [0.2, 0.25) is 0 Å². The summed E-state index contributed by atoms with van der Waals surface area (Å²) in [5.74, 6) is 2.42. The summed E-state index contributed by atoms with van der Waals surface area (Å²) in [5, 5.41) is 15.7. The number of carbonyl (C=O) groups is 1. The lowest BCUT2D eigenvalue weighted by molar-refractivity contribution is -0.113. The number of nitrogens with one attached hydrogen (secondary N) is 2. The second kappa shape index (κ2) is 12.6. The zero-order valence-electron chi connectivity index (χ0n) is 20.3. The minimum absolute atomic E-state index is 0.124. The Hall–Kier alpha value is -3.98. The molecule has 3 aromatic carbocycles. The molecule has 0 aliphatic heterocycles. The quantitative estimate of drug-likeness (QED) is 0.250. The van der Waals surface area contributed by atoms with Crippen LogP contribution >= 0.6 is 11.8 Å². The van der Waals surface area contributed by atoms with Crippen molar-refractivity contribution < 1.29 is 14.3 Å². The van der Waals surface area contributed by atoms with Crippen LogP contribution in [0.5, 0.6) is 11.5 Å². The number of thioether (sulfide) groups is 1. The van der Waals surface area contributed by atoms with Crippen molar-refractivity contribution in [1.29, 1.82) is 0 Å². The van der Waals surface area contributed by atoms with Gasteiger partial charge in [-0.1, -0.05) is 30.0 Å². The lowest BCUT2D eigenvalue weighted by atomic mass is 10.3. The van der Waals surface area contributed by atoms with Crippen LogP contribution in [-0.4, -0.2) is 39.6 Å². The second-order valence-electron chi connectivity index (χ2n) is 7.67. The van der Waals surface area contributed by atoms with Crippen LogP contribution in [0.4, 0.5) is 11.4 Å². The second-order valence-corrected chi connectivity index (χ2v) is 8.62. The zero-order chi connectivity index (χ0) is 25.2. The molecule has 4 aromatic rings. The Labute approximate surface area is 215 Å². The summed E-state index contributed by atoms with van der Waals surface area (Å²) < 4.78 is 12.9. The fourth-order valence-corrected chi connectivity index (χ4v) is 4.26. The highest BCUT2D eigenvalue weighted by Gasteiger charge is 2.16. The van der Waals surface area contributed by atoms with Gasteiger partial charge < -0.3 is 20.1 Å². The van der Waals surface area contributed by atoms with E-state index >= 15 is 0 Å². The van der Waals surface area contributed by atoms with Crippen molar-refractivity contribution in [1.82, 2.24) is 14.8 Å². The molecule has 186 valence electrons. The topological polar surface area (TPSA) is 90.3 Å². The molecule has 0 unspecified atom stereocenters. The molecule has 0 saturated heterocycles. The highest BCUT2D eigenvalue weighted by molar-refractivity contribution is 7.99. The van der Waals surface area contributed by atoms with Crippen molar-refractivity contribution in [3.8, 4) is 17.2 Å². The van der Waals surface area contributed by atoms with Crippen molar-refractivity contribution >= 4 is 29.0 Å². The summed E-state index contributed by atoms with van der Waals surface area (Å²) in [5.41, 5.74) is 2.60. The SMILES string of the molecule is CCOc1ccc(NCc2nnc(SCC(=O)Nc3ccc(OCC)cc3)n2-c2ccccc2)cc1. The Morgan fingerprint density at radius 2 is 1.44 bits per heavy atom. The number of carbonyl (C=O) groups excluding carboxylic acids is 1. The van der Waals surface area contributed by atoms with Gasteiger partial charge in [0, 0.05) is 17.1 Å². The number of hydrogen-bond acceptors (Lipinski definition) is 7. The third-order valence-electron chi connectivity index (χ3n) is 5.11. The lowest BCUT2D eigenvalue weighted by Gasteiger charge is -2.12. The first-order valence-corrected chi connectivity index (χ1v) is 12.8. The minimum Gasteiger partial charge on any atom is -0.494 e. The largest absolute Gasteiger partial charge is 0.494 e. The van der Waals surface area contributed by atoms with Gasteiger partial charge in [-0.3, -0.25) is 9.36 Å². The van der Waals surface area contributed by atoms with Gasteiger partial charge in [0.25, 0.3) is 0 Å². The minimum atomic E-state index is -0.124. The van der Waals surface area contributed by atoms with Crippen LogP contribution < -0.4 is 20.1 Å². The first kappa shape index (κ1) is 25.1. The number of benzene rings is 3. The summed E-state index contributed by atoms with van der Waals surface area (Å²) >= 11 is 1.34. The molecule has 1 amide bonds. The fraction of sp³-hybridized carbons (Fsp3) is 0.222.